The predicted molar refractivity (Wildman–Crippen MR) is 193 cm³/mol. The van der Waals surface area contributed by atoms with Gasteiger partial charge in [0.2, 0.25) is 0 Å². The zero-order valence-electron chi connectivity index (χ0n) is 27.1. The van der Waals surface area contributed by atoms with E-state index in [9.17, 15) is 24.3 Å². The molecule has 0 saturated carbocycles. The van der Waals surface area contributed by atoms with Gasteiger partial charge >= 0.3 is 18.0 Å². The molecule has 0 spiro atoms. The van der Waals surface area contributed by atoms with Crippen molar-refractivity contribution in [1.29, 1.82) is 0 Å². The summed E-state index contributed by atoms with van der Waals surface area (Å²) in [5.41, 5.74) is 0.0971. The number of hydrogen-bond acceptors (Lipinski definition) is 9. The molecule has 3 rings (SSSR count). The molecule has 252 valence electrons. The Morgan fingerprint density at radius 2 is 1.38 bits per heavy atom. The number of phenols is 1. The summed E-state index contributed by atoms with van der Waals surface area (Å²) in [6.07, 6.45) is -0.272. The second-order valence-corrected chi connectivity index (χ2v) is 14.9. The monoisotopic (exact) mass is 871 g/mol. The number of phenolic OH excluding ortho intramolecular Hbond substituents is 1. The van der Waals surface area contributed by atoms with Crippen molar-refractivity contribution < 1.29 is 43.2 Å². The van der Waals surface area contributed by atoms with E-state index >= 15 is 0 Å². The summed E-state index contributed by atoms with van der Waals surface area (Å²) in [5.74, 6) is -0.832. The van der Waals surface area contributed by atoms with Gasteiger partial charge in [0.15, 0.2) is 5.78 Å². The van der Waals surface area contributed by atoms with Crippen molar-refractivity contribution in [3.8, 4) is 11.5 Å². The third-order valence-electron chi connectivity index (χ3n) is 6.20. The number of alkyl carbamates (subject to hydrolysis) is 1. The maximum Gasteiger partial charge on any atom is 0.407 e. The van der Waals surface area contributed by atoms with E-state index in [1.54, 1.807) is 102 Å². The number of halogens is 2. The van der Waals surface area contributed by atoms with Crippen molar-refractivity contribution >= 4 is 69.0 Å². The lowest BCUT2D eigenvalue weighted by molar-refractivity contribution is -0.157. The first-order valence-electron chi connectivity index (χ1n) is 14.9. The van der Waals surface area contributed by atoms with Gasteiger partial charge < -0.3 is 29.4 Å². The molecule has 0 aliphatic carbocycles. The lowest BCUT2D eigenvalue weighted by Gasteiger charge is -2.24. The van der Waals surface area contributed by atoms with E-state index in [0.717, 1.165) is 5.56 Å². The van der Waals surface area contributed by atoms with Crippen LogP contribution in [0.2, 0.25) is 0 Å². The normalized spacial score (nSPS) is 12.1. The van der Waals surface area contributed by atoms with Crippen LogP contribution in [-0.4, -0.2) is 59.4 Å². The molecule has 10 nitrogen and oxygen atoms in total. The molecule has 1 amide bonds. The van der Waals surface area contributed by atoms with Crippen molar-refractivity contribution in [2.75, 3.05) is 13.2 Å². The molecule has 0 unspecified atom stereocenters. The van der Waals surface area contributed by atoms with E-state index in [1.165, 1.54) is 0 Å². The van der Waals surface area contributed by atoms with E-state index < -0.39 is 35.3 Å². The summed E-state index contributed by atoms with van der Waals surface area (Å²) in [7, 11) is 0. The van der Waals surface area contributed by atoms with Crippen molar-refractivity contribution in [3.05, 3.63) is 90.1 Å². The molecule has 12 heteroatoms. The quantitative estimate of drug-likeness (QED) is 0.0635. The maximum absolute atomic E-state index is 13.2. The largest absolute Gasteiger partial charge is 0.506 e. The molecule has 2 N–H and O–H groups in total. The van der Waals surface area contributed by atoms with Gasteiger partial charge in [-0.05, 0) is 135 Å². The molecular weight excluding hydrogens is 832 g/mol. The minimum absolute atomic E-state index is 0.0277. The smallest absolute Gasteiger partial charge is 0.407 e. The summed E-state index contributed by atoms with van der Waals surface area (Å²) < 4.78 is 23.2. The van der Waals surface area contributed by atoms with Gasteiger partial charge in [-0.2, -0.15) is 0 Å². The highest BCUT2D eigenvalue weighted by Crippen LogP contribution is 2.28. The fraction of sp³-hybridized carbons (Fsp3) is 0.371. The Bertz CT molecular complexity index is 1570. The first-order chi connectivity index (χ1) is 21.9. The molecular formula is C35H39I2NO9. The summed E-state index contributed by atoms with van der Waals surface area (Å²) in [6.45, 7) is 10.8. The zero-order valence-corrected chi connectivity index (χ0v) is 31.5. The van der Waals surface area contributed by atoms with Gasteiger partial charge in [0.05, 0.1) is 25.9 Å². The van der Waals surface area contributed by atoms with Gasteiger partial charge in [-0.1, -0.05) is 18.2 Å². The first-order valence-corrected chi connectivity index (χ1v) is 17.0. The van der Waals surface area contributed by atoms with E-state index in [-0.39, 0.29) is 42.3 Å². The van der Waals surface area contributed by atoms with Gasteiger partial charge in [-0.15, -0.1) is 0 Å². The summed E-state index contributed by atoms with van der Waals surface area (Å²) in [4.78, 5) is 51.4. The van der Waals surface area contributed by atoms with Crippen LogP contribution in [0, 0.1) is 7.14 Å². The lowest BCUT2D eigenvalue weighted by Crippen LogP contribution is -2.45. The molecule has 3 aromatic carbocycles. The number of amides is 1. The van der Waals surface area contributed by atoms with Gasteiger partial charge in [0.25, 0.3) is 0 Å². The van der Waals surface area contributed by atoms with Crippen LogP contribution in [0.1, 0.15) is 79.8 Å². The van der Waals surface area contributed by atoms with Crippen LogP contribution in [0.3, 0.4) is 0 Å². The summed E-state index contributed by atoms with van der Waals surface area (Å²) >= 11 is 4.01. The standard InChI is InChI=1S/C35H39I2NO9/c1-34(2,3)46-31(41)25-11-8-7-10-24(25)29(39)22-12-14-23(15-13-22)44-16-9-17-45-33(43)38-28(32(42)47-35(4,5)6)20-21-18-26(36)30(40)27(37)19-21/h7-8,10-15,18-19,28,40H,9,16-17,20H2,1-6H3,(H,38,43)/t28-/m0/s1. The van der Waals surface area contributed by atoms with Gasteiger partial charge in [0.1, 0.15) is 28.7 Å². The Morgan fingerprint density at radius 1 is 0.809 bits per heavy atom. The van der Waals surface area contributed by atoms with Crippen molar-refractivity contribution in [2.45, 2.75) is 71.6 Å². The minimum atomic E-state index is -1.01. The summed E-state index contributed by atoms with van der Waals surface area (Å²) in [5, 5.41) is 12.7. The fourth-order valence-electron chi connectivity index (χ4n) is 4.19. The topological polar surface area (TPSA) is 137 Å². The van der Waals surface area contributed by atoms with Crippen molar-refractivity contribution in [3.63, 3.8) is 0 Å². The Balaban J connectivity index is 1.52. The summed E-state index contributed by atoms with van der Waals surface area (Å²) in [6, 6.07) is 15.5. The van der Waals surface area contributed by atoms with Crippen molar-refractivity contribution in [2.24, 2.45) is 0 Å². The van der Waals surface area contributed by atoms with Gasteiger partial charge in [-0.25, -0.2) is 14.4 Å². The predicted octanol–water partition coefficient (Wildman–Crippen LogP) is 7.24. The first kappa shape index (κ1) is 38.1. The molecule has 0 fully saturated rings. The number of carbonyl (C=O) groups excluding carboxylic acids is 4. The van der Waals surface area contributed by atoms with Crippen molar-refractivity contribution in [1.82, 2.24) is 5.32 Å². The van der Waals surface area contributed by atoms with Crippen LogP contribution in [0.5, 0.6) is 11.5 Å². The molecule has 0 aromatic heterocycles. The lowest BCUT2D eigenvalue weighted by atomic mass is 9.98. The average molecular weight is 872 g/mol. The number of nitrogens with one attached hydrogen (secondary N) is 1. The number of benzene rings is 3. The minimum Gasteiger partial charge on any atom is -0.506 e. The molecule has 1 atom stereocenters. The molecule has 0 radical (unpaired) electrons. The number of ether oxygens (including phenoxy) is 4. The molecule has 0 aliphatic rings. The zero-order chi connectivity index (χ0) is 34.9. The van der Waals surface area contributed by atoms with Gasteiger partial charge in [0, 0.05) is 24.0 Å². The highest BCUT2D eigenvalue weighted by molar-refractivity contribution is 14.1. The third kappa shape index (κ3) is 12.3. The van der Waals surface area contributed by atoms with Crippen LogP contribution >= 0.6 is 45.2 Å². The van der Waals surface area contributed by atoms with Crippen LogP contribution < -0.4 is 10.1 Å². The second kappa shape index (κ2) is 16.6. The van der Waals surface area contributed by atoms with Crippen LogP contribution in [0.25, 0.3) is 0 Å². The Labute approximate surface area is 302 Å². The number of ketones is 1. The van der Waals surface area contributed by atoms with E-state index in [2.05, 4.69) is 5.32 Å². The Kier molecular flexibility index (Phi) is 13.5. The molecule has 3 aromatic rings. The van der Waals surface area contributed by atoms with E-state index in [0.29, 0.717) is 24.9 Å². The molecule has 47 heavy (non-hydrogen) atoms. The highest BCUT2D eigenvalue weighted by Gasteiger charge is 2.28. The van der Waals surface area contributed by atoms with Crippen LogP contribution in [0.15, 0.2) is 60.7 Å². The molecule has 0 bridgehead atoms. The molecule has 0 saturated heterocycles. The fourth-order valence-corrected chi connectivity index (χ4v) is 6.08. The number of aromatic hydroxyl groups is 1. The number of rotatable bonds is 12. The van der Waals surface area contributed by atoms with Crippen LogP contribution in [-0.2, 0) is 25.4 Å². The second-order valence-electron chi connectivity index (χ2n) is 12.6. The Hall–Kier alpha value is -3.40. The maximum atomic E-state index is 13.2. The van der Waals surface area contributed by atoms with Crippen LogP contribution in [0.4, 0.5) is 4.79 Å². The average Bonchev–Trinajstić information content (AvgIpc) is 2.97. The molecule has 0 aliphatic heterocycles. The number of carbonyl (C=O) groups is 4. The van der Waals surface area contributed by atoms with E-state index in [4.69, 9.17) is 18.9 Å². The highest BCUT2D eigenvalue weighted by atomic mass is 127. The molecule has 0 heterocycles. The Morgan fingerprint density at radius 3 is 1.96 bits per heavy atom. The third-order valence-corrected chi connectivity index (χ3v) is 7.84. The number of esters is 2. The SMILES string of the molecule is CC(C)(C)OC(=O)c1ccccc1C(=O)c1ccc(OCCCOC(=O)N[C@@H](Cc2cc(I)c(O)c(I)c2)C(=O)OC(C)(C)C)cc1. The van der Waals surface area contributed by atoms with E-state index in [1.807, 2.05) is 45.2 Å². The van der Waals surface area contributed by atoms with Gasteiger partial charge in [-0.3, -0.25) is 4.79 Å². The number of hydrogen-bond donors (Lipinski definition) is 2.